The van der Waals surface area contributed by atoms with E-state index in [2.05, 4.69) is 0 Å². The van der Waals surface area contributed by atoms with Crippen molar-refractivity contribution in [1.82, 2.24) is 0 Å². The highest BCUT2D eigenvalue weighted by atomic mass is 35.5. The van der Waals surface area contributed by atoms with Gasteiger partial charge >= 0.3 is 0 Å². The second kappa shape index (κ2) is 6.40. The number of alkyl halides is 1. The summed E-state index contributed by atoms with van der Waals surface area (Å²) < 4.78 is 13.8. The third-order valence-corrected chi connectivity index (χ3v) is 4.05. The van der Waals surface area contributed by atoms with Gasteiger partial charge in [-0.15, -0.1) is 11.6 Å². The van der Waals surface area contributed by atoms with Gasteiger partial charge in [-0.05, 0) is 36.6 Å². The van der Waals surface area contributed by atoms with Crippen LogP contribution in [-0.4, -0.2) is 5.88 Å². The second-order valence-electron chi connectivity index (χ2n) is 4.61. The summed E-state index contributed by atoms with van der Waals surface area (Å²) in [5.41, 5.74) is 2.86. The van der Waals surface area contributed by atoms with E-state index in [1.54, 1.807) is 12.1 Å². The molecule has 0 saturated carbocycles. The number of aryl methyl sites for hydroxylation is 1. The molecule has 0 aliphatic carbocycles. The van der Waals surface area contributed by atoms with Crippen LogP contribution in [0.3, 0.4) is 0 Å². The smallest absolute Gasteiger partial charge is 0.127 e. The summed E-state index contributed by atoms with van der Waals surface area (Å²) in [5.74, 6) is 0.240. The van der Waals surface area contributed by atoms with Crippen molar-refractivity contribution in [3.8, 4) is 0 Å². The molecular formula is C16H15Cl2F. The van der Waals surface area contributed by atoms with Crippen LogP contribution in [0.5, 0.6) is 0 Å². The highest BCUT2D eigenvalue weighted by Crippen LogP contribution is 2.29. The van der Waals surface area contributed by atoms with Crippen LogP contribution in [0.1, 0.15) is 22.6 Å². The summed E-state index contributed by atoms with van der Waals surface area (Å²) in [6.45, 7) is 2.04. The van der Waals surface area contributed by atoms with Crippen molar-refractivity contribution in [3.05, 3.63) is 70.0 Å². The highest BCUT2D eigenvalue weighted by molar-refractivity contribution is 6.31. The SMILES string of the molecule is Cc1ccccc1C(CCl)Cc1c(F)cccc1Cl. The molecule has 0 heterocycles. The molecule has 0 aliphatic heterocycles. The van der Waals surface area contributed by atoms with Gasteiger partial charge < -0.3 is 0 Å². The van der Waals surface area contributed by atoms with Crippen molar-refractivity contribution >= 4 is 23.2 Å². The van der Waals surface area contributed by atoms with Gasteiger partial charge in [0.25, 0.3) is 0 Å². The Bertz CT molecular complexity index is 546. The molecule has 0 bridgehead atoms. The molecule has 3 heteroatoms. The molecule has 19 heavy (non-hydrogen) atoms. The zero-order valence-corrected chi connectivity index (χ0v) is 12.2. The minimum absolute atomic E-state index is 0.0669. The quantitative estimate of drug-likeness (QED) is 0.667. The number of hydrogen-bond acceptors (Lipinski definition) is 0. The van der Waals surface area contributed by atoms with Crippen molar-refractivity contribution < 1.29 is 4.39 Å². The third-order valence-electron chi connectivity index (χ3n) is 3.33. The average molecular weight is 297 g/mol. The molecule has 0 fully saturated rings. The number of hydrogen-bond donors (Lipinski definition) is 0. The number of rotatable bonds is 4. The normalized spacial score (nSPS) is 12.4. The zero-order chi connectivity index (χ0) is 13.8. The second-order valence-corrected chi connectivity index (χ2v) is 5.33. The Kier molecular flexibility index (Phi) is 4.84. The molecular weight excluding hydrogens is 282 g/mol. The standard InChI is InChI=1S/C16H15Cl2F/c1-11-5-2-3-6-13(11)12(10-17)9-14-15(18)7-4-8-16(14)19/h2-8,12H,9-10H2,1H3. The molecule has 2 aromatic rings. The van der Waals surface area contributed by atoms with Gasteiger partial charge in [-0.3, -0.25) is 0 Å². The Hall–Kier alpha value is -1.05. The first-order chi connectivity index (χ1) is 9.13. The van der Waals surface area contributed by atoms with Crippen LogP contribution in [-0.2, 0) is 6.42 Å². The summed E-state index contributed by atoms with van der Waals surface area (Å²) >= 11 is 12.1. The van der Waals surface area contributed by atoms with E-state index >= 15 is 0 Å². The molecule has 0 saturated heterocycles. The molecule has 0 amide bonds. The van der Waals surface area contributed by atoms with Crippen LogP contribution in [0.2, 0.25) is 5.02 Å². The Morgan fingerprint density at radius 3 is 2.47 bits per heavy atom. The molecule has 0 nitrogen and oxygen atoms in total. The topological polar surface area (TPSA) is 0 Å². The minimum Gasteiger partial charge on any atom is -0.207 e. The molecule has 0 aromatic heterocycles. The van der Waals surface area contributed by atoms with E-state index < -0.39 is 0 Å². The van der Waals surface area contributed by atoms with E-state index in [9.17, 15) is 4.39 Å². The van der Waals surface area contributed by atoms with Gasteiger partial charge in [-0.2, -0.15) is 0 Å². The van der Waals surface area contributed by atoms with Gasteiger partial charge in [0, 0.05) is 22.4 Å². The van der Waals surface area contributed by atoms with Crippen LogP contribution >= 0.6 is 23.2 Å². The van der Waals surface area contributed by atoms with Crippen molar-refractivity contribution in [2.75, 3.05) is 5.88 Å². The lowest BCUT2D eigenvalue weighted by atomic mass is 9.90. The Labute approximate surface area is 123 Å². The molecule has 2 rings (SSSR count). The first kappa shape index (κ1) is 14.4. The summed E-state index contributed by atoms with van der Waals surface area (Å²) in [6, 6.07) is 12.8. The van der Waals surface area contributed by atoms with Crippen LogP contribution in [0, 0.1) is 12.7 Å². The van der Waals surface area contributed by atoms with E-state index in [0.29, 0.717) is 22.9 Å². The van der Waals surface area contributed by atoms with Crippen LogP contribution in [0.25, 0.3) is 0 Å². The zero-order valence-electron chi connectivity index (χ0n) is 10.7. The Morgan fingerprint density at radius 1 is 1.11 bits per heavy atom. The van der Waals surface area contributed by atoms with E-state index in [1.165, 1.54) is 11.6 Å². The molecule has 2 aromatic carbocycles. The first-order valence-electron chi connectivity index (χ1n) is 6.18. The van der Waals surface area contributed by atoms with Gasteiger partial charge in [0.2, 0.25) is 0 Å². The summed E-state index contributed by atoms with van der Waals surface area (Å²) in [5, 5.41) is 0.462. The molecule has 100 valence electrons. The summed E-state index contributed by atoms with van der Waals surface area (Å²) in [4.78, 5) is 0. The monoisotopic (exact) mass is 296 g/mol. The predicted octanol–water partition coefficient (Wildman–Crippen LogP) is 5.35. The van der Waals surface area contributed by atoms with Gasteiger partial charge in [-0.1, -0.05) is 41.9 Å². The van der Waals surface area contributed by atoms with Crippen LogP contribution < -0.4 is 0 Å². The lowest BCUT2D eigenvalue weighted by Gasteiger charge is -2.18. The fraction of sp³-hybridized carbons (Fsp3) is 0.250. The lowest BCUT2D eigenvalue weighted by Crippen LogP contribution is -2.08. The van der Waals surface area contributed by atoms with E-state index in [-0.39, 0.29) is 11.7 Å². The molecule has 1 unspecified atom stereocenters. The Balaban J connectivity index is 2.32. The van der Waals surface area contributed by atoms with Crippen molar-refractivity contribution in [3.63, 3.8) is 0 Å². The maximum atomic E-state index is 13.8. The minimum atomic E-state index is -0.267. The maximum absolute atomic E-state index is 13.8. The van der Waals surface area contributed by atoms with E-state index in [0.717, 1.165) is 5.56 Å². The van der Waals surface area contributed by atoms with Crippen molar-refractivity contribution in [2.45, 2.75) is 19.3 Å². The van der Waals surface area contributed by atoms with E-state index in [1.807, 2.05) is 31.2 Å². The molecule has 0 spiro atoms. The lowest BCUT2D eigenvalue weighted by molar-refractivity contribution is 0.598. The first-order valence-corrected chi connectivity index (χ1v) is 7.09. The predicted molar refractivity (Wildman–Crippen MR) is 79.8 cm³/mol. The largest absolute Gasteiger partial charge is 0.207 e. The number of halogens is 3. The molecule has 1 atom stereocenters. The van der Waals surface area contributed by atoms with Gasteiger partial charge in [0.15, 0.2) is 0 Å². The molecule has 0 radical (unpaired) electrons. The highest BCUT2D eigenvalue weighted by Gasteiger charge is 2.17. The van der Waals surface area contributed by atoms with Crippen molar-refractivity contribution in [1.29, 1.82) is 0 Å². The fourth-order valence-corrected chi connectivity index (χ4v) is 2.78. The molecule has 0 N–H and O–H groups in total. The number of benzene rings is 2. The maximum Gasteiger partial charge on any atom is 0.127 e. The van der Waals surface area contributed by atoms with Gasteiger partial charge in [-0.25, -0.2) is 4.39 Å². The van der Waals surface area contributed by atoms with Crippen LogP contribution in [0.4, 0.5) is 4.39 Å². The Morgan fingerprint density at radius 2 is 1.84 bits per heavy atom. The third kappa shape index (κ3) is 3.29. The van der Waals surface area contributed by atoms with Gasteiger partial charge in [0.1, 0.15) is 5.82 Å². The van der Waals surface area contributed by atoms with Gasteiger partial charge in [0.05, 0.1) is 0 Å². The van der Waals surface area contributed by atoms with E-state index in [4.69, 9.17) is 23.2 Å². The fourth-order valence-electron chi connectivity index (χ4n) is 2.27. The average Bonchev–Trinajstić information content (AvgIpc) is 2.40. The summed E-state index contributed by atoms with van der Waals surface area (Å²) in [6.07, 6.45) is 0.514. The van der Waals surface area contributed by atoms with Crippen LogP contribution in [0.15, 0.2) is 42.5 Å². The van der Waals surface area contributed by atoms with Crippen molar-refractivity contribution in [2.24, 2.45) is 0 Å². The molecule has 0 aliphatic rings. The summed E-state index contributed by atoms with van der Waals surface area (Å²) in [7, 11) is 0.